The van der Waals surface area contributed by atoms with Crippen LogP contribution in [0.3, 0.4) is 0 Å². The van der Waals surface area contributed by atoms with E-state index >= 15 is 0 Å². The largest absolute Gasteiger partial charge is 0.336 e. The number of nitrogens with zero attached hydrogens (tertiary/aromatic N) is 2. The summed E-state index contributed by atoms with van der Waals surface area (Å²) in [7, 11) is -3.52. The molecule has 29 heavy (non-hydrogen) atoms. The van der Waals surface area contributed by atoms with Gasteiger partial charge in [0.15, 0.2) is 0 Å². The number of anilines is 1. The molecule has 1 fully saturated rings. The Labute approximate surface area is 181 Å². The summed E-state index contributed by atoms with van der Waals surface area (Å²) in [5.74, 6) is -0.247. The van der Waals surface area contributed by atoms with E-state index in [1.54, 1.807) is 11.0 Å². The van der Waals surface area contributed by atoms with Crippen molar-refractivity contribution in [3.63, 3.8) is 0 Å². The maximum absolute atomic E-state index is 13.1. The normalized spacial score (nSPS) is 16.5. The molecule has 156 valence electrons. The van der Waals surface area contributed by atoms with Gasteiger partial charge in [0.2, 0.25) is 10.0 Å². The Bertz CT molecular complexity index is 1010. The van der Waals surface area contributed by atoms with Gasteiger partial charge in [-0.3, -0.25) is 14.4 Å². The number of hydrogen-bond acceptors (Lipinski definition) is 4. The molecule has 0 bridgehead atoms. The summed E-state index contributed by atoms with van der Waals surface area (Å²) >= 11 is 12.4. The Balaban J connectivity index is 1.72. The molecule has 0 aromatic heterocycles. The first kappa shape index (κ1) is 21.9. The van der Waals surface area contributed by atoms with Gasteiger partial charge >= 0.3 is 0 Å². The van der Waals surface area contributed by atoms with Crippen LogP contribution < -0.4 is 4.72 Å². The summed E-state index contributed by atoms with van der Waals surface area (Å²) in [6, 6.07) is 12.4. The van der Waals surface area contributed by atoms with Crippen molar-refractivity contribution in [2.75, 3.05) is 37.2 Å². The molecule has 1 heterocycles. The molecule has 0 saturated carbocycles. The van der Waals surface area contributed by atoms with Crippen LogP contribution in [-0.4, -0.2) is 56.6 Å². The van der Waals surface area contributed by atoms with Crippen LogP contribution >= 0.6 is 23.2 Å². The molecule has 1 amide bonds. The average molecular weight is 456 g/mol. The zero-order valence-electron chi connectivity index (χ0n) is 16.2. The van der Waals surface area contributed by atoms with Crippen LogP contribution in [0, 0.1) is 0 Å². The first-order valence-electron chi connectivity index (χ1n) is 9.21. The van der Waals surface area contributed by atoms with Crippen LogP contribution in [0.5, 0.6) is 0 Å². The molecule has 1 atom stereocenters. The molecule has 2 aromatic rings. The van der Waals surface area contributed by atoms with E-state index in [9.17, 15) is 13.2 Å². The van der Waals surface area contributed by atoms with Crippen molar-refractivity contribution >= 4 is 44.8 Å². The number of benzene rings is 2. The van der Waals surface area contributed by atoms with Gasteiger partial charge in [-0.15, -0.1) is 0 Å². The molecule has 0 aliphatic carbocycles. The highest BCUT2D eigenvalue weighted by molar-refractivity contribution is 7.92. The molecule has 6 nitrogen and oxygen atoms in total. The lowest BCUT2D eigenvalue weighted by Gasteiger charge is -2.38. The minimum absolute atomic E-state index is 0.134. The van der Waals surface area contributed by atoms with E-state index in [2.05, 4.69) is 16.5 Å². The smallest absolute Gasteiger partial charge is 0.256 e. The van der Waals surface area contributed by atoms with Gasteiger partial charge in [0, 0.05) is 42.3 Å². The Kier molecular flexibility index (Phi) is 6.73. The summed E-state index contributed by atoms with van der Waals surface area (Å²) in [5.41, 5.74) is 1.53. The molecule has 1 unspecified atom stereocenters. The lowest BCUT2D eigenvalue weighted by molar-refractivity contribution is 0.0583. The standard InChI is InChI=1S/C20H23Cl2N3O3S/c1-14(16-5-3-4-6-18(16)22)24-9-11-25(12-10-24)20(26)17-13-15(21)7-8-19(17)23-29(2,27)28/h3-8,13-14,23H,9-12H2,1-2H3. The maximum atomic E-state index is 13.1. The van der Waals surface area contributed by atoms with Gasteiger partial charge in [-0.05, 0) is 36.8 Å². The molecule has 1 aliphatic rings. The second-order valence-corrected chi connectivity index (χ2v) is 9.68. The molecular formula is C20H23Cl2N3O3S. The molecular weight excluding hydrogens is 433 g/mol. The van der Waals surface area contributed by atoms with Gasteiger partial charge in [-0.2, -0.15) is 0 Å². The number of piperazine rings is 1. The van der Waals surface area contributed by atoms with Crippen LogP contribution in [0.1, 0.15) is 28.9 Å². The minimum Gasteiger partial charge on any atom is -0.336 e. The van der Waals surface area contributed by atoms with Gasteiger partial charge < -0.3 is 4.90 Å². The second-order valence-electron chi connectivity index (χ2n) is 7.09. The highest BCUT2D eigenvalue weighted by atomic mass is 35.5. The Morgan fingerprint density at radius 2 is 1.72 bits per heavy atom. The van der Waals surface area contributed by atoms with Crippen molar-refractivity contribution in [1.29, 1.82) is 0 Å². The van der Waals surface area contributed by atoms with E-state index in [0.717, 1.165) is 16.8 Å². The van der Waals surface area contributed by atoms with Crippen LogP contribution in [0.25, 0.3) is 0 Å². The molecule has 0 radical (unpaired) electrons. The van der Waals surface area contributed by atoms with Crippen LogP contribution in [0.4, 0.5) is 5.69 Å². The summed E-state index contributed by atoms with van der Waals surface area (Å²) in [6.45, 7) is 4.53. The molecule has 1 saturated heterocycles. The van der Waals surface area contributed by atoms with E-state index < -0.39 is 10.0 Å². The first-order valence-corrected chi connectivity index (χ1v) is 11.9. The lowest BCUT2D eigenvalue weighted by Crippen LogP contribution is -2.49. The van der Waals surface area contributed by atoms with E-state index in [-0.39, 0.29) is 23.2 Å². The van der Waals surface area contributed by atoms with Crippen LogP contribution in [-0.2, 0) is 10.0 Å². The zero-order valence-corrected chi connectivity index (χ0v) is 18.6. The lowest BCUT2D eigenvalue weighted by atomic mass is 10.1. The van der Waals surface area contributed by atoms with E-state index in [4.69, 9.17) is 23.2 Å². The third-order valence-corrected chi connectivity index (χ3v) is 6.18. The van der Waals surface area contributed by atoms with Gasteiger partial charge in [-0.1, -0.05) is 41.4 Å². The van der Waals surface area contributed by atoms with Crippen molar-refractivity contribution in [2.45, 2.75) is 13.0 Å². The number of sulfonamides is 1. The highest BCUT2D eigenvalue weighted by Gasteiger charge is 2.27. The molecule has 0 spiro atoms. The Morgan fingerprint density at radius 3 is 2.34 bits per heavy atom. The van der Waals surface area contributed by atoms with Crippen molar-refractivity contribution in [3.05, 3.63) is 63.6 Å². The van der Waals surface area contributed by atoms with Crippen molar-refractivity contribution in [3.8, 4) is 0 Å². The first-order chi connectivity index (χ1) is 13.7. The van der Waals surface area contributed by atoms with E-state index in [1.165, 1.54) is 12.1 Å². The van der Waals surface area contributed by atoms with Gasteiger partial charge in [-0.25, -0.2) is 8.42 Å². The number of nitrogens with one attached hydrogen (secondary N) is 1. The van der Waals surface area contributed by atoms with Crippen LogP contribution in [0.15, 0.2) is 42.5 Å². The highest BCUT2D eigenvalue weighted by Crippen LogP contribution is 2.29. The predicted molar refractivity (Wildman–Crippen MR) is 117 cm³/mol. The third-order valence-electron chi connectivity index (χ3n) is 5.01. The summed E-state index contributed by atoms with van der Waals surface area (Å²) in [6.07, 6.45) is 1.05. The zero-order chi connectivity index (χ0) is 21.2. The fourth-order valence-corrected chi connectivity index (χ4v) is 4.52. The Hall–Kier alpha value is -1.80. The number of rotatable bonds is 5. The third kappa shape index (κ3) is 5.42. The average Bonchev–Trinajstić information content (AvgIpc) is 2.68. The van der Waals surface area contributed by atoms with Gasteiger partial charge in [0.25, 0.3) is 5.91 Å². The fourth-order valence-electron chi connectivity index (χ4n) is 3.48. The van der Waals surface area contributed by atoms with Gasteiger partial charge in [0.05, 0.1) is 17.5 Å². The number of carbonyl (C=O) groups excluding carboxylic acids is 1. The number of halogens is 2. The summed E-state index contributed by atoms with van der Waals surface area (Å²) in [4.78, 5) is 17.0. The van der Waals surface area contributed by atoms with Crippen LogP contribution in [0.2, 0.25) is 10.0 Å². The topological polar surface area (TPSA) is 69.7 Å². The number of carbonyl (C=O) groups is 1. The number of amides is 1. The number of hydrogen-bond donors (Lipinski definition) is 1. The Morgan fingerprint density at radius 1 is 1.07 bits per heavy atom. The second kappa shape index (κ2) is 8.92. The van der Waals surface area contributed by atoms with E-state index in [0.29, 0.717) is 31.2 Å². The molecule has 1 aliphatic heterocycles. The van der Waals surface area contributed by atoms with Crippen molar-refractivity contribution in [1.82, 2.24) is 9.80 Å². The SMILES string of the molecule is CC(c1ccccc1Cl)N1CCN(C(=O)c2cc(Cl)ccc2NS(C)(=O)=O)CC1. The molecule has 1 N–H and O–H groups in total. The predicted octanol–water partition coefficient (Wildman–Crippen LogP) is 3.88. The van der Waals surface area contributed by atoms with Crippen molar-refractivity contribution in [2.24, 2.45) is 0 Å². The monoisotopic (exact) mass is 455 g/mol. The summed E-state index contributed by atoms with van der Waals surface area (Å²) in [5, 5.41) is 1.10. The molecule has 9 heteroatoms. The molecule has 3 rings (SSSR count). The van der Waals surface area contributed by atoms with Gasteiger partial charge in [0.1, 0.15) is 0 Å². The van der Waals surface area contributed by atoms with E-state index in [1.807, 2.05) is 24.3 Å². The maximum Gasteiger partial charge on any atom is 0.256 e. The fraction of sp³-hybridized carbons (Fsp3) is 0.350. The quantitative estimate of drug-likeness (QED) is 0.742. The van der Waals surface area contributed by atoms with Crippen molar-refractivity contribution < 1.29 is 13.2 Å². The molecule has 2 aromatic carbocycles. The summed E-state index contributed by atoms with van der Waals surface area (Å²) < 4.78 is 25.7. The minimum atomic E-state index is -3.52.